The second-order valence-electron chi connectivity index (χ2n) is 3.87. The molecule has 2 N–H and O–H groups in total. The van der Waals surface area contributed by atoms with E-state index >= 15 is 0 Å². The van der Waals surface area contributed by atoms with Crippen molar-refractivity contribution in [1.29, 1.82) is 0 Å². The second-order valence-corrected chi connectivity index (χ2v) is 4.89. The molecule has 96 valence electrons. The maximum Gasteiger partial charge on any atom is 0.247 e. The van der Waals surface area contributed by atoms with Gasteiger partial charge in [-0.25, -0.2) is 4.90 Å². The topological polar surface area (TPSA) is 61.4 Å². The first-order chi connectivity index (χ1) is 8.67. The molecule has 0 aliphatic carbocycles. The van der Waals surface area contributed by atoms with Crippen LogP contribution in [0.4, 0.5) is 11.4 Å². The SMILES string of the molecule is CNCC(=O)N1C(=O)CSc2ccc(NC)cc21. The summed E-state index contributed by atoms with van der Waals surface area (Å²) >= 11 is 1.46. The molecular weight excluding hydrogens is 250 g/mol. The molecule has 1 heterocycles. The third-order valence-electron chi connectivity index (χ3n) is 2.67. The molecule has 1 aliphatic heterocycles. The molecular formula is C12H15N3O2S. The number of nitrogens with zero attached hydrogens (tertiary/aromatic N) is 1. The van der Waals surface area contributed by atoms with Crippen molar-refractivity contribution < 1.29 is 9.59 Å². The standard InChI is InChI=1S/C12H15N3O2S/c1-13-6-11(16)15-9-5-8(14-2)3-4-10(9)18-7-12(15)17/h3-5,13-14H,6-7H2,1-2H3. The van der Waals surface area contributed by atoms with Crippen molar-refractivity contribution in [3.8, 4) is 0 Å². The molecule has 1 aliphatic rings. The lowest BCUT2D eigenvalue weighted by Crippen LogP contribution is -2.44. The molecule has 0 aromatic heterocycles. The fourth-order valence-electron chi connectivity index (χ4n) is 1.81. The third-order valence-corrected chi connectivity index (χ3v) is 3.71. The number of likely N-dealkylation sites (N-methyl/N-ethyl adjacent to an activating group) is 1. The molecule has 5 nitrogen and oxygen atoms in total. The fraction of sp³-hybridized carbons (Fsp3) is 0.333. The third kappa shape index (κ3) is 2.34. The molecule has 0 fully saturated rings. The monoisotopic (exact) mass is 265 g/mol. The summed E-state index contributed by atoms with van der Waals surface area (Å²) < 4.78 is 0. The number of hydrogen-bond donors (Lipinski definition) is 2. The largest absolute Gasteiger partial charge is 0.388 e. The van der Waals surface area contributed by atoms with E-state index in [2.05, 4.69) is 10.6 Å². The number of nitrogens with one attached hydrogen (secondary N) is 2. The Morgan fingerprint density at radius 3 is 2.89 bits per heavy atom. The Balaban J connectivity index is 2.42. The summed E-state index contributed by atoms with van der Waals surface area (Å²) in [5.74, 6) is -0.0836. The van der Waals surface area contributed by atoms with E-state index in [0.717, 1.165) is 10.6 Å². The van der Waals surface area contributed by atoms with Crippen molar-refractivity contribution in [2.45, 2.75) is 4.90 Å². The Labute approximate surface area is 110 Å². The van der Waals surface area contributed by atoms with Crippen LogP contribution in [0.3, 0.4) is 0 Å². The summed E-state index contributed by atoms with van der Waals surface area (Å²) in [6.45, 7) is 0.152. The van der Waals surface area contributed by atoms with Gasteiger partial charge in [-0.05, 0) is 25.2 Å². The molecule has 0 unspecified atom stereocenters. The summed E-state index contributed by atoms with van der Waals surface area (Å²) in [4.78, 5) is 26.1. The van der Waals surface area contributed by atoms with Crippen LogP contribution in [0.2, 0.25) is 0 Å². The Hall–Kier alpha value is -1.53. The van der Waals surface area contributed by atoms with E-state index in [1.807, 2.05) is 18.2 Å². The van der Waals surface area contributed by atoms with Gasteiger partial charge in [0.25, 0.3) is 0 Å². The van der Waals surface area contributed by atoms with Gasteiger partial charge in [-0.2, -0.15) is 0 Å². The highest BCUT2D eigenvalue weighted by molar-refractivity contribution is 8.00. The van der Waals surface area contributed by atoms with E-state index in [1.54, 1.807) is 14.1 Å². The number of carbonyl (C=O) groups is 2. The Kier molecular flexibility index (Phi) is 3.88. The zero-order valence-corrected chi connectivity index (χ0v) is 11.1. The summed E-state index contributed by atoms with van der Waals surface area (Å²) in [6, 6.07) is 5.69. The number of imide groups is 1. The molecule has 0 saturated heterocycles. The number of fused-ring (bicyclic) bond motifs is 1. The van der Waals surface area contributed by atoms with Crippen molar-refractivity contribution in [1.82, 2.24) is 5.32 Å². The average Bonchev–Trinajstić information content (AvgIpc) is 2.38. The van der Waals surface area contributed by atoms with Crippen LogP contribution in [-0.4, -0.2) is 38.2 Å². The molecule has 0 radical (unpaired) electrons. The van der Waals surface area contributed by atoms with E-state index in [9.17, 15) is 9.59 Å². The normalized spacial score (nSPS) is 14.3. The van der Waals surface area contributed by atoms with Crippen molar-refractivity contribution >= 4 is 35.0 Å². The second kappa shape index (κ2) is 5.41. The van der Waals surface area contributed by atoms with Gasteiger partial charge in [-0.15, -0.1) is 11.8 Å². The molecule has 6 heteroatoms. The number of anilines is 2. The maximum atomic E-state index is 12.0. The molecule has 1 aromatic rings. The maximum absolute atomic E-state index is 12.0. The van der Waals surface area contributed by atoms with Crippen LogP contribution >= 0.6 is 11.8 Å². The predicted octanol–water partition coefficient (Wildman–Crippen LogP) is 0.913. The molecule has 0 spiro atoms. The molecule has 18 heavy (non-hydrogen) atoms. The first-order valence-electron chi connectivity index (χ1n) is 5.62. The minimum Gasteiger partial charge on any atom is -0.388 e. The van der Waals surface area contributed by atoms with Crippen LogP contribution in [0, 0.1) is 0 Å². The smallest absolute Gasteiger partial charge is 0.247 e. The van der Waals surface area contributed by atoms with E-state index < -0.39 is 0 Å². The first kappa shape index (κ1) is 12.9. The van der Waals surface area contributed by atoms with Crippen LogP contribution in [0.15, 0.2) is 23.1 Å². The van der Waals surface area contributed by atoms with Gasteiger partial charge in [-0.3, -0.25) is 9.59 Å². The average molecular weight is 265 g/mol. The Morgan fingerprint density at radius 1 is 1.44 bits per heavy atom. The lowest BCUT2D eigenvalue weighted by molar-refractivity contribution is -0.124. The van der Waals surface area contributed by atoms with Crippen molar-refractivity contribution in [3.63, 3.8) is 0 Å². The van der Waals surface area contributed by atoms with Gasteiger partial charge in [0.2, 0.25) is 11.8 Å². The Bertz CT molecular complexity index is 490. The molecule has 1 aromatic carbocycles. The molecule has 2 amide bonds. The summed E-state index contributed by atoms with van der Waals surface area (Å²) in [5, 5.41) is 5.79. The van der Waals surface area contributed by atoms with Gasteiger partial charge in [0.1, 0.15) is 0 Å². The van der Waals surface area contributed by atoms with Crippen LogP contribution < -0.4 is 15.5 Å². The molecule has 0 atom stereocenters. The summed E-state index contributed by atoms with van der Waals surface area (Å²) in [7, 11) is 3.49. The van der Waals surface area contributed by atoms with E-state index in [1.165, 1.54) is 16.7 Å². The van der Waals surface area contributed by atoms with E-state index in [0.29, 0.717) is 11.4 Å². The van der Waals surface area contributed by atoms with Gasteiger partial charge in [0, 0.05) is 17.6 Å². The van der Waals surface area contributed by atoms with Crippen molar-refractivity contribution in [2.75, 3.05) is 36.6 Å². The molecule has 0 bridgehead atoms. The Morgan fingerprint density at radius 2 is 2.22 bits per heavy atom. The van der Waals surface area contributed by atoms with E-state index in [-0.39, 0.29) is 18.4 Å². The zero-order chi connectivity index (χ0) is 13.1. The molecule has 0 saturated carbocycles. The van der Waals surface area contributed by atoms with Gasteiger partial charge >= 0.3 is 0 Å². The quantitative estimate of drug-likeness (QED) is 0.851. The van der Waals surface area contributed by atoms with Crippen molar-refractivity contribution in [2.24, 2.45) is 0 Å². The molecule has 2 rings (SSSR count). The van der Waals surface area contributed by atoms with E-state index in [4.69, 9.17) is 0 Å². The van der Waals surface area contributed by atoms with Gasteiger partial charge < -0.3 is 10.6 Å². The van der Waals surface area contributed by atoms with Crippen LogP contribution in [-0.2, 0) is 9.59 Å². The highest BCUT2D eigenvalue weighted by Gasteiger charge is 2.29. The minimum atomic E-state index is -0.225. The summed E-state index contributed by atoms with van der Waals surface area (Å²) in [5.41, 5.74) is 1.55. The number of benzene rings is 1. The van der Waals surface area contributed by atoms with Crippen molar-refractivity contribution in [3.05, 3.63) is 18.2 Å². The zero-order valence-electron chi connectivity index (χ0n) is 10.3. The lowest BCUT2D eigenvalue weighted by Gasteiger charge is -2.27. The predicted molar refractivity (Wildman–Crippen MR) is 73.1 cm³/mol. The number of carbonyl (C=O) groups excluding carboxylic acids is 2. The minimum absolute atomic E-state index is 0.152. The first-order valence-corrected chi connectivity index (χ1v) is 6.61. The number of thioether (sulfide) groups is 1. The van der Waals surface area contributed by atoms with Gasteiger partial charge in [0.05, 0.1) is 18.0 Å². The van der Waals surface area contributed by atoms with Crippen LogP contribution in [0.25, 0.3) is 0 Å². The van der Waals surface area contributed by atoms with Gasteiger partial charge in [-0.1, -0.05) is 0 Å². The highest BCUT2D eigenvalue weighted by Crippen LogP contribution is 2.37. The number of amides is 2. The van der Waals surface area contributed by atoms with Crippen LogP contribution in [0.1, 0.15) is 0 Å². The lowest BCUT2D eigenvalue weighted by atomic mass is 10.2. The van der Waals surface area contributed by atoms with Crippen LogP contribution in [0.5, 0.6) is 0 Å². The summed E-state index contributed by atoms with van der Waals surface area (Å²) in [6.07, 6.45) is 0. The number of hydrogen-bond acceptors (Lipinski definition) is 5. The fourth-order valence-corrected chi connectivity index (χ4v) is 2.68. The number of rotatable bonds is 3. The highest BCUT2D eigenvalue weighted by atomic mass is 32.2. The van der Waals surface area contributed by atoms with Gasteiger partial charge in [0.15, 0.2) is 0 Å².